The second-order valence-corrected chi connectivity index (χ2v) is 6.93. The van der Waals surface area contributed by atoms with Gasteiger partial charge in [0.25, 0.3) is 10.1 Å². The van der Waals surface area contributed by atoms with Crippen LogP contribution in [0.15, 0.2) is 0 Å². The van der Waals surface area contributed by atoms with Gasteiger partial charge in [0.05, 0.1) is 11.9 Å². The normalized spacial score (nSPS) is 20.7. The molecule has 0 aromatic carbocycles. The minimum atomic E-state index is -3.37. The SMILES string of the molecule is CC(C)C(C)OS(=O)(=O)CCN1CCCCC1. The molecule has 4 nitrogen and oxygen atoms in total. The van der Waals surface area contributed by atoms with Crippen LogP contribution in [-0.4, -0.2) is 44.8 Å². The van der Waals surface area contributed by atoms with E-state index in [4.69, 9.17) is 4.18 Å². The number of likely N-dealkylation sites (tertiary alicyclic amines) is 1. The molecule has 1 aliphatic heterocycles. The lowest BCUT2D eigenvalue weighted by Gasteiger charge is -2.26. The van der Waals surface area contributed by atoms with Crippen molar-refractivity contribution in [1.82, 2.24) is 4.90 Å². The van der Waals surface area contributed by atoms with Crippen LogP contribution in [-0.2, 0) is 14.3 Å². The zero-order valence-corrected chi connectivity index (χ0v) is 12.0. The Labute approximate surface area is 105 Å². The number of hydrogen-bond acceptors (Lipinski definition) is 4. The number of rotatable bonds is 6. The third-order valence-corrected chi connectivity index (χ3v) is 4.62. The van der Waals surface area contributed by atoms with Crippen molar-refractivity contribution in [2.75, 3.05) is 25.4 Å². The van der Waals surface area contributed by atoms with Crippen LogP contribution in [0.2, 0.25) is 0 Å². The third-order valence-electron chi connectivity index (χ3n) is 3.34. The number of piperidine rings is 1. The van der Waals surface area contributed by atoms with E-state index in [0.29, 0.717) is 6.54 Å². The molecule has 17 heavy (non-hydrogen) atoms. The summed E-state index contributed by atoms with van der Waals surface area (Å²) in [6, 6.07) is 0. The molecule has 1 fully saturated rings. The van der Waals surface area contributed by atoms with Gasteiger partial charge < -0.3 is 4.90 Å². The first-order valence-corrected chi connectivity index (χ1v) is 8.12. The van der Waals surface area contributed by atoms with Crippen molar-refractivity contribution in [2.24, 2.45) is 5.92 Å². The lowest BCUT2D eigenvalue weighted by molar-refractivity contribution is 0.175. The van der Waals surface area contributed by atoms with Crippen LogP contribution in [0.25, 0.3) is 0 Å². The Hall–Kier alpha value is -0.130. The van der Waals surface area contributed by atoms with E-state index in [9.17, 15) is 8.42 Å². The Morgan fingerprint density at radius 1 is 1.12 bits per heavy atom. The molecule has 0 aromatic heterocycles. The second kappa shape index (κ2) is 6.71. The molecule has 1 aliphatic rings. The maximum absolute atomic E-state index is 11.7. The fourth-order valence-electron chi connectivity index (χ4n) is 1.81. The van der Waals surface area contributed by atoms with E-state index in [-0.39, 0.29) is 17.8 Å². The van der Waals surface area contributed by atoms with E-state index < -0.39 is 10.1 Å². The smallest absolute Gasteiger partial charge is 0.268 e. The molecule has 5 heteroatoms. The van der Waals surface area contributed by atoms with Crippen molar-refractivity contribution in [1.29, 1.82) is 0 Å². The van der Waals surface area contributed by atoms with Gasteiger partial charge in [-0.25, -0.2) is 0 Å². The average Bonchev–Trinajstić information content (AvgIpc) is 2.27. The molecular weight excluding hydrogens is 238 g/mol. The highest BCUT2D eigenvalue weighted by molar-refractivity contribution is 7.86. The fraction of sp³-hybridized carbons (Fsp3) is 1.00. The minimum absolute atomic E-state index is 0.115. The highest BCUT2D eigenvalue weighted by Crippen LogP contribution is 2.12. The van der Waals surface area contributed by atoms with Crippen molar-refractivity contribution in [3.8, 4) is 0 Å². The predicted molar refractivity (Wildman–Crippen MR) is 69.5 cm³/mol. The predicted octanol–water partition coefficient (Wildman–Crippen LogP) is 1.86. The Balaban J connectivity index is 2.33. The molecule has 0 radical (unpaired) electrons. The number of nitrogens with zero attached hydrogens (tertiary/aromatic N) is 1. The molecule has 0 spiro atoms. The molecule has 0 aromatic rings. The summed E-state index contributed by atoms with van der Waals surface area (Å²) in [5.74, 6) is 0.337. The molecule has 0 bridgehead atoms. The summed E-state index contributed by atoms with van der Waals surface area (Å²) in [6.07, 6.45) is 3.40. The van der Waals surface area contributed by atoms with Gasteiger partial charge in [0.2, 0.25) is 0 Å². The summed E-state index contributed by atoms with van der Waals surface area (Å²) >= 11 is 0. The lowest BCUT2D eigenvalue weighted by Crippen LogP contribution is -2.35. The van der Waals surface area contributed by atoms with E-state index >= 15 is 0 Å². The van der Waals surface area contributed by atoms with Crippen molar-refractivity contribution >= 4 is 10.1 Å². The first-order valence-electron chi connectivity index (χ1n) is 6.54. The standard InChI is InChI=1S/C12H25NO3S/c1-11(2)12(3)16-17(14,15)10-9-13-7-5-4-6-8-13/h11-12H,4-10H2,1-3H3. The fourth-order valence-corrected chi connectivity index (χ4v) is 3.08. The Morgan fingerprint density at radius 3 is 2.24 bits per heavy atom. The van der Waals surface area contributed by atoms with Gasteiger partial charge in [-0.15, -0.1) is 0 Å². The van der Waals surface area contributed by atoms with E-state index in [1.54, 1.807) is 0 Å². The van der Waals surface area contributed by atoms with Gasteiger partial charge in [-0.2, -0.15) is 8.42 Å². The molecule has 1 atom stereocenters. The van der Waals surface area contributed by atoms with Crippen LogP contribution in [0.5, 0.6) is 0 Å². The first kappa shape index (κ1) is 14.9. The van der Waals surface area contributed by atoms with Crippen LogP contribution >= 0.6 is 0 Å². The molecule has 0 aliphatic carbocycles. The van der Waals surface area contributed by atoms with Gasteiger partial charge in [0.15, 0.2) is 0 Å². The van der Waals surface area contributed by atoms with Crippen molar-refractivity contribution < 1.29 is 12.6 Å². The topological polar surface area (TPSA) is 46.6 Å². The maximum atomic E-state index is 11.7. The maximum Gasteiger partial charge on any atom is 0.268 e. The van der Waals surface area contributed by atoms with Gasteiger partial charge in [-0.3, -0.25) is 4.18 Å². The molecule has 0 N–H and O–H groups in total. The highest BCUT2D eigenvalue weighted by atomic mass is 32.2. The average molecular weight is 263 g/mol. The van der Waals surface area contributed by atoms with Gasteiger partial charge in [-0.05, 0) is 38.8 Å². The quantitative estimate of drug-likeness (QED) is 0.686. The molecule has 1 heterocycles. The summed E-state index contributed by atoms with van der Waals surface area (Å²) in [6.45, 7) is 8.39. The Kier molecular flexibility index (Phi) is 5.89. The third kappa shape index (κ3) is 5.84. The van der Waals surface area contributed by atoms with Crippen molar-refractivity contribution in [3.05, 3.63) is 0 Å². The molecular formula is C12H25NO3S. The first-order chi connectivity index (χ1) is 7.91. The van der Waals surface area contributed by atoms with Gasteiger partial charge in [-0.1, -0.05) is 20.3 Å². The van der Waals surface area contributed by atoms with Crippen LogP contribution in [0.1, 0.15) is 40.0 Å². The highest BCUT2D eigenvalue weighted by Gasteiger charge is 2.20. The van der Waals surface area contributed by atoms with Crippen LogP contribution in [0.4, 0.5) is 0 Å². The van der Waals surface area contributed by atoms with Gasteiger partial charge in [0.1, 0.15) is 0 Å². The lowest BCUT2D eigenvalue weighted by atomic mass is 10.1. The summed E-state index contributed by atoms with van der Waals surface area (Å²) in [5.41, 5.74) is 0. The zero-order valence-electron chi connectivity index (χ0n) is 11.2. The van der Waals surface area contributed by atoms with E-state index in [1.165, 1.54) is 19.3 Å². The largest absolute Gasteiger partial charge is 0.302 e. The molecule has 1 unspecified atom stereocenters. The molecule has 102 valence electrons. The Bertz CT molecular complexity index is 308. The van der Waals surface area contributed by atoms with E-state index in [1.807, 2.05) is 20.8 Å². The summed E-state index contributed by atoms with van der Waals surface area (Å²) < 4.78 is 28.6. The zero-order chi connectivity index (χ0) is 12.9. The number of hydrogen-bond donors (Lipinski definition) is 0. The van der Waals surface area contributed by atoms with E-state index in [0.717, 1.165) is 13.1 Å². The Morgan fingerprint density at radius 2 is 1.71 bits per heavy atom. The molecule has 1 saturated heterocycles. The van der Waals surface area contributed by atoms with Crippen LogP contribution in [0, 0.1) is 5.92 Å². The molecule has 1 rings (SSSR count). The summed E-state index contributed by atoms with van der Waals surface area (Å²) in [5, 5.41) is 0. The molecule has 0 amide bonds. The van der Waals surface area contributed by atoms with Gasteiger partial charge >= 0.3 is 0 Å². The van der Waals surface area contributed by atoms with Crippen LogP contribution < -0.4 is 0 Å². The monoisotopic (exact) mass is 263 g/mol. The molecule has 0 saturated carbocycles. The van der Waals surface area contributed by atoms with E-state index in [2.05, 4.69) is 4.90 Å². The minimum Gasteiger partial charge on any atom is -0.302 e. The van der Waals surface area contributed by atoms with Gasteiger partial charge in [0, 0.05) is 6.54 Å². The second-order valence-electron chi connectivity index (χ2n) is 5.21. The van der Waals surface area contributed by atoms with Crippen molar-refractivity contribution in [2.45, 2.75) is 46.1 Å². The summed E-state index contributed by atoms with van der Waals surface area (Å²) in [4.78, 5) is 2.21. The van der Waals surface area contributed by atoms with Crippen molar-refractivity contribution in [3.63, 3.8) is 0 Å². The summed E-state index contributed by atoms with van der Waals surface area (Å²) in [7, 11) is -3.37. The van der Waals surface area contributed by atoms with Crippen LogP contribution in [0.3, 0.4) is 0 Å².